The first-order valence-electron chi connectivity index (χ1n) is 4.56. The van der Waals surface area contributed by atoms with Gasteiger partial charge in [-0.1, -0.05) is 0 Å². The highest BCUT2D eigenvalue weighted by Crippen LogP contribution is 2.17. The van der Waals surface area contributed by atoms with Crippen LogP contribution in [0, 0.1) is 12.3 Å². The Balaban J connectivity index is 2.16. The summed E-state index contributed by atoms with van der Waals surface area (Å²) in [7, 11) is 0. The number of aliphatic hydroxyl groups is 1. The predicted octanol–water partition coefficient (Wildman–Crippen LogP) is 1.33. The standard InChI is InChI=1S/C10H16O2/c1-2-5-9(11)8-10-6-3-4-7-12-10/h1,9-11H,3-8H2. The van der Waals surface area contributed by atoms with Crippen LogP contribution < -0.4 is 0 Å². The van der Waals surface area contributed by atoms with Gasteiger partial charge >= 0.3 is 0 Å². The molecule has 0 amide bonds. The lowest BCUT2D eigenvalue weighted by atomic mass is 10.0. The molecule has 2 nitrogen and oxygen atoms in total. The molecule has 0 aromatic rings. The molecule has 1 heterocycles. The van der Waals surface area contributed by atoms with E-state index < -0.39 is 0 Å². The van der Waals surface area contributed by atoms with Crippen LogP contribution in [-0.4, -0.2) is 23.9 Å². The summed E-state index contributed by atoms with van der Waals surface area (Å²) in [6.45, 7) is 0.841. The normalized spacial score (nSPS) is 26.2. The van der Waals surface area contributed by atoms with E-state index in [0.29, 0.717) is 12.8 Å². The first-order chi connectivity index (χ1) is 5.83. The zero-order valence-corrected chi connectivity index (χ0v) is 7.33. The van der Waals surface area contributed by atoms with Crippen molar-refractivity contribution < 1.29 is 9.84 Å². The topological polar surface area (TPSA) is 29.5 Å². The number of rotatable bonds is 3. The van der Waals surface area contributed by atoms with E-state index in [1.807, 2.05) is 0 Å². The number of hydrogen-bond donors (Lipinski definition) is 1. The van der Waals surface area contributed by atoms with Gasteiger partial charge in [0.25, 0.3) is 0 Å². The summed E-state index contributed by atoms with van der Waals surface area (Å²) in [4.78, 5) is 0. The highest BCUT2D eigenvalue weighted by Gasteiger charge is 2.17. The molecular weight excluding hydrogens is 152 g/mol. The van der Waals surface area contributed by atoms with Crippen LogP contribution in [0.1, 0.15) is 32.1 Å². The quantitative estimate of drug-likeness (QED) is 0.644. The molecule has 1 fully saturated rings. The highest BCUT2D eigenvalue weighted by molar-refractivity contribution is 4.87. The van der Waals surface area contributed by atoms with Gasteiger partial charge in [-0.3, -0.25) is 0 Å². The number of ether oxygens (including phenoxy) is 1. The SMILES string of the molecule is C#CCC(O)CC1CCCCO1. The predicted molar refractivity (Wildman–Crippen MR) is 47.7 cm³/mol. The van der Waals surface area contributed by atoms with Crippen LogP contribution in [0.25, 0.3) is 0 Å². The molecule has 2 heteroatoms. The average molecular weight is 168 g/mol. The summed E-state index contributed by atoms with van der Waals surface area (Å²) in [6.07, 6.45) is 9.53. The Morgan fingerprint density at radius 3 is 3.00 bits per heavy atom. The number of terminal acetylenes is 1. The molecular formula is C10H16O2. The van der Waals surface area contributed by atoms with E-state index >= 15 is 0 Å². The van der Waals surface area contributed by atoms with Gasteiger partial charge in [-0.25, -0.2) is 0 Å². The lowest BCUT2D eigenvalue weighted by Crippen LogP contribution is -2.24. The van der Waals surface area contributed by atoms with Crippen LogP contribution in [0.3, 0.4) is 0 Å². The molecule has 1 N–H and O–H groups in total. The fourth-order valence-electron chi connectivity index (χ4n) is 1.52. The van der Waals surface area contributed by atoms with Gasteiger partial charge in [0.1, 0.15) is 0 Å². The third-order valence-corrected chi connectivity index (χ3v) is 2.16. The molecule has 0 bridgehead atoms. The summed E-state index contributed by atoms with van der Waals surface area (Å²) in [5.41, 5.74) is 0. The number of aliphatic hydroxyl groups excluding tert-OH is 1. The Kier molecular flexibility index (Phi) is 4.13. The fourth-order valence-corrected chi connectivity index (χ4v) is 1.52. The van der Waals surface area contributed by atoms with Crippen LogP contribution in [0.5, 0.6) is 0 Å². The Labute approximate surface area is 73.9 Å². The van der Waals surface area contributed by atoms with E-state index in [9.17, 15) is 5.11 Å². The van der Waals surface area contributed by atoms with Gasteiger partial charge in [-0.2, -0.15) is 0 Å². The number of hydrogen-bond acceptors (Lipinski definition) is 2. The van der Waals surface area contributed by atoms with Gasteiger partial charge in [0.15, 0.2) is 0 Å². The van der Waals surface area contributed by atoms with E-state index in [0.717, 1.165) is 19.4 Å². The van der Waals surface area contributed by atoms with Crippen molar-refractivity contribution in [3.05, 3.63) is 0 Å². The van der Waals surface area contributed by atoms with E-state index in [-0.39, 0.29) is 12.2 Å². The molecule has 0 radical (unpaired) electrons. The van der Waals surface area contributed by atoms with E-state index in [2.05, 4.69) is 5.92 Å². The molecule has 0 saturated carbocycles. The minimum atomic E-state index is -0.377. The maximum Gasteiger partial charge on any atom is 0.0674 e. The third kappa shape index (κ3) is 3.25. The molecule has 2 unspecified atom stereocenters. The summed E-state index contributed by atoms with van der Waals surface area (Å²) in [5, 5.41) is 9.38. The fraction of sp³-hybridized carbons (Fsp3) is 0.800. The van der Waals surface area contributed by atoms with Gasteiger partial charge in [0.05, 0.1) is 12.2 Å². The van der Waals surface area contributed by atoms with Gasteiger partial charge in [0, 0.05) is 19.4 Å². The molecule has 2 atom stereocenters. The van der Waals surface area contributed by atoms with Crippen LogP contribution >= 0.6 is 0 Å². The Bertz CT molecular complexity index is 154. The minimum Gasteiger partial charge on any atom is -0.392 e. The van der Waals surface area contributed by atoms with Crippen molar-refractivity contribution in [2.45, 2.75) is 44.3 Å². The lowest BCUT2D eigenvalue weighted by molar-refractivity contribution is -0.0139. The molecule has 1 saturated heterocycles. The van der Waals surface area contributed by atoms with Crippen molar-refractivity contribution in [3.8, 4) is 12.3 Å². The lowest BCUT2D eigenvalue weighted by Gasteiger charge is -2.23. The van der Waals surface area contributed by atoms with Crippen molar-refractivity contribution in [3.63, 3.8) is 0 Å². The highest BCUT2D eigenvalue weighted by atomic mass is 16.5. The molecule has 0 aliphatic carbocycles. The molecule has 0 spiro atoms. The summed E-state index contributed by atoms with van der Waals surface area (Å²) in [6, 6.07) is 0. The molecule has 12 heavy (non-hydrogen) atoms. The van der Waals surface area contributed by atoms with Gasteiger partial charge in [-0.05, 0) is 19.3 Å². The van der Waals surface area contributed by atoms with Gasteiger partial charge in [-0.15, -0.1) is 12.3 Å². The Morgan fingerprint density at radius 1 is 1.58 bits per heavy atom. The molecule has 1 rings (SSSR count). The first kappa shape index (κ1) is 9.57. The van der Waals surface area contributed by atoms with Crippen molar-refractivity contribution in [2.24, 2.45) is 0 Å². The average Bonchev–Trinajstić information content (AvgIpc) is 2.06. The van der Waals surface area contributed by atoms with E-state index in [4.69, 9.17) is 11.2 Å². The maximum absolute atomic E-state index is 9.38. The summed E-state index contributed by atoms with van der Waals surface area (Å²) >= 11 is 0. The third-order valence-electron chi connectivity index (χ3n) is 2.16. The van der Waals surface area contributed by atoms with Crippen LogP contribution in [-0.2, 0) is 4.74 Å². The van der Waals surface area contributed by atoms with Crippen LogP contribution in [0.15, 0.2) is 0 Å². The smallest absolute Gasteiger partial charge is 0.0674 e. The van der Waals surface area contributed by atoms with Crippen molar-refractivity contribution >= 4 is 0 Å². The van der Waals surface area contributed by atoms with Crippen molar-refractivity contribution in [1.82, 2.24) is 0 Å². The van der Waals surface area contributed by atoms with Crippen LogP contribution in [0.2, 0.25) is 0 Å². The van der Waals surface area contributed by atoms with Crippen molar-refractivity contribution in [1.29, 1.82) is 0 Å². The van der Waals surface area contributed by atoms with E-state index in [1.165, 1.54) is 6.42 Å². The molecule has 0 aromatic heterocycles. The Morgan fingerprint density at radius 2 is 2.42 bits per heavy atom. The zero-order chi connectivity index (χ0) is 8.81. The largest absolute Gasteiger partial charge is 0.392 e. The second-order valence-corrected chi connectivity index (χ2v) is 3.29. The van der Waals surface area contributed by atoms with Crippen molar-refractivity contribution in [2.75, 3.05) is 6.61 Å². The molecule has 1 aliphatic rings. The second kappa shape index (κ2) is 5.18. The first-order valence-corrected chi connectivity index (χ1v) is 4.56. The van der Waals surface area contributed by atoms with Gasteiger partial charge in [0.2, 0.25) is 0 Å². The minimum absolute atomic E-state index is 0.238. The maximum atomic E-state index is 9.38. The monoisotopic (exact) mass is 168 g/mol. The summed E-state index contributed by atoms with van der Waals surface area (Å²) in [5.74, 6) is 2.45. The molecule has 0 aromatic carbocycles. The molecule has 1 aliphatic heterocycles. The summed E-state index contributed by atoms with van der Waals surface area (Å²) < 4.78 is 5.47. The van der Waals surface area contributed by atoms with E-state index in [1.54, 1.807) is 0 Å². The zero-order valence-electron chi connectivity index (χ0n) is 7.33. The van der Waals surface area contributed by atoms with Gasteiger partial charge < -0.3 is 9.84 Å². The molecule has 68 valence electrons. The second-order valence-electron chi connectivity index (χ2n) is 3.29. The Hall–Kier alpha value is -0.520. The van der Waals surface area contributed by atoms with Crippen LogP contribution in [0.4, 0.5) is 0 Å².